The second kappa shape index (κ2) is 8.22. The number of halogens is 3. The molecule has 0 bridgehead atoms. The van der Waals surface area contributed by atoms with Crippen LogP contribution in [0.5, 0.6) is 0 Å². The zero-order chi connectivity index (χ0) is 23.9. The SMILES string of the molecule is N#Cc1ccc(-c2nn(CC3CC3)c3[nH]c(N)cc(-n4cc(C(F)(F)F)cn4)nccc23)cc1. The van der Waals surface area contributed by atoms with Gasteiger partial charge in [0, 0.05) is 36.0 Å². The van der Waals surface area contributed by atoms with Crippen molar-refractivity contribution in [2.24, 2.45) is 5.92 Å². The van der Waals surface area contributed by atoms with Gasteiger partial charge in [-0.1, -0.05) is 12.1 Å². The molecule has 11 heteroatoms. The van der Waals surface area contributed by atoms with Crippen molar-refractivity contribution in [1.29, 1.82) is 5.26 Å². The van der Waals surface area contributed by atoms with Gasteiger partial charge in [0.25, 0.3) is 0 Å². The van der Waals surface area contributed by atoms with Gasteiger partial charge in [0.2, 0.25) is 0 Å². The number of nitrogens with one attached hydrogen (secondary N) is 1. The van der Waals surface area contributed by atoms with Crippen LogP contribution in [0.4, 0.5) is 19.0 Å². The minimum absolute atomic E-state index is 0.114. The van der Waals surface area contributed by atoms with Gasteiger partial charge in [0.1, 0.15) is 17.2 Å². The number of rotatable bonds is 4. The molecular formula is C23H19F3N8. The highest BCUT2D eigenvalue weighted by Crippen LogP contribution is 2.33. The molecule has 0 aliphatic heterocycles. The van der Waals surface area contributed by atoms with Crippen LogP contribution in [0, 0.1) is 17.2 Å². The van der Waals surface area contributed by atoms with E-state index in [0.29, 0.717) is 29.4 Å². The number of H-pyrrole nitrogens is 1. The molecule has 3 heterocycles. The van der Waals surface area contributed by atoms with Gasteiger partial charge in [-0.25, -0.2) is 14.3 Å². The van der Waals surface area contributed by atoms with E-state index in [1.54, 1.807) is 18.2 Å². The van der Waals surface area contributed by atoms with Crippen LogP contribution in [0.3, 0.4) is 0 Å². The minimum Gasteiger partial charge on any atom is -0.385 e. The van der Waals surface area contributed by atoms with Gasteiger partial charge in [0.05, 0.1) is 23.4 Å². The highest BCUT2D eigenvalue weighted by molar-refractivity contribution is 5.91. The van der Waals surface area contributed by atoms with Crippen LogP contribution < -0.4 is 5.73 Å². The molecule has 0 spiro atoms. The van der Waals surface area contributed by atoms with Crippen LogP contribution in [0.2, 0.25) is 0 Å². The van der Waals surface area contributed by atoms with Crippen molar-refractivity contribution in [2.75, 3.05) is 5.73 Å². The number of nitriles is 1. The van der Waals surface area contributed by atoms with E-state index in [9.17, 15) is 13.2 Å². The molecular weight excluding hydrogens is 445 g/mol. The molecule has 4 aromatic rings. The zero-order valence-corrected chi connectivity index (χ0v) is 17.8. The first-order valence-corrected chi connectivity index (χ1v) is 10.5. The average Bonchev–Trinajstić information content (AvgIpc) is 3.33. The highest BCUT2D eigenvalue weighted by Gasteiger charge is 2.32. The van der Waals surface area contributed by atoms with Gasteiger partial charge < -0.3 is 10.7 Å². The second-order valence-electron chi connectivity index (χ2n) is 8.12. The number of benzene rings is 1. The Morgan fingerprint density at radius 2 is 1.94 bits per heavy atom. The van der Waals surface area contributed by atoms with E-state index in [1.807, 2.05) is 16.8 Å². The number of hydrogen-bond donors (Lipinski definition) is 2. The van der Waals surface area contributed by atoms with E-state index in [-0.39, 0.29) is 11.6 Å². The van der Waals surface area contributed by atoms with E-state index in [0.717, 1.165) is 40.9 Å². The van der Waals surface area contributed by atoms with Crippen molar-refractivity contribution in [3.8, 4) is 23.1 Å². The van der Waals surface area contributed by atoms with Crippen LogP contribution in [0.15, 0.2) is 55.0 Å². The lowest BCUT2D eigenvalue weighted by Gasteiger charge is -2.02. The first kappa shape index (κ1) is 21.5. The molecule has 0 unspecified atom stereocenters. The molecule has 3 aromatic heterocycles. The maximum atomic E-state index is 13.0. The normalized spacial score (nSPS) is 13.6. The number of aromatic nitrogens is 6. The first-order chi connectivity index (χ1) is 16.3. The third-order valence-corrected chi connectivity index (χ3v) is 5.54. The number of fused-ring (bicyclic) bond motifs is 1. The second-order valence-corrected chi connectivity index (χ2v) is 8.12. The lowest BCUT2D eigenvalue weighted by molar-refractivity contribution is -0.137. The molecule has 172 valence electrons. The Morgan fingerprint density at radius 1 is 1.18 bits per heavy atom. The number of nitrogens with zero attached hydrogens (tertiary/aromatic N) is 6. The van der Waals surface area contributed by atoms with Crippen molar-refractivity contribution in [3.05, 3.63) is 66.1 Å². The lowest BCUT2D eigenvalue weighted by Crippen LogP contribution is -2.04. The fourth-order valence-electron chi connectivity index (χ4n) is 3.62. The maximum absolute atomic E-state index is 13.0. The van der Waals surface area contributed by atoms with Crippen LogP contribution in [-0.4, -0.2) is 29.5 Å². The molecule has 8 nitrogen and oxygen atoms in total. The van der Waals surface area contributed by atoms with E-state index in [1.165, 1.54) is 12.3 Å². The molecule has 1 saturated carbocycles. The average molecular weight is 464 g/mol. The zero-order valence-electron chi connectivity index (χ0n) is 17.8. The van der Waals surface area contributed by atoms with Gasteiger partial charge in [-0.3, -0.25) is 0 Å². The number of nitrogen functional groups attached to an aromatic ring is 1. The molecule has 0 atom stereocenters. The molecule has 0 radical (unpaired) electrons. The Balaban J connectivity index is 1.68. The van der Waals surface area contributed by atoms with E-state index >= 15 is 0 Å². The molecule has 1 aromatic carbocycles. The fraction of sp³-hybridized carbons (Fsp3) is 0.217. The third-order valence-electron chi connectivity index (χ3n) is 5.54. The molecule has 1 aliphatic carbocycles. The first-order valence-electron chi connectivity index (χ1n) is 10.5. The summed E-state index contributed by atoms with van der Waals surface area (Å²) in [6, 6.07) is 12.3. The van der Waals surface area contributed by atoms with Crippen molar-refractivity contribution < 1.29 is 13.2 Å². The predicted octanol–water partition coefficient (Wildman–Crippen LogP) is 4.62. The summed E-state index contributed by atoms with van der Waals surface area (Å²) < 4.78 is 41.9. The summed E-state index contributed by atoms with van der Waals surface area (Å²) in [7, 11) is 0. The molecule has 1 fully saturated rings. The van der Waals surface area contributed by atoms with Crippen LogP contribution in [0.25, 0.3) is 28.1 Å². The van der Waals surface area contributed by atoms with Gasteiger partial charge in [-0.15, -0.1) is 0 Å². The molecule has 5 rings (SSSR count). The summed E-state index contributed by atoms with van der Waals surface area (Å²) in [6.45, 7) is 0.703. The Labute approximate surface area is 191 Å². The van der Waals surface area contributed by atoms with Crippen LogP contribution in [-0.2, 0) is 12.7 Å². The highest BCUT2D eigenvalue weighted by atomic mass is 19.4. The fourth-order valence-corrected chi connectivity index (χ4v) is 3.62. The van der Waals surface area contributed by atoms with Crippen molar-refractivity contribution in [2.45, 2.75) is 25.6 Å². The largest absolute Gasteiger partial charge is 0.419 e. The summed E-state index contributed by atoms with van der Waals surface area (Å²) in [5.41, 5.74) is 8.00. The quantitative estimate of drug-likeness (QED) is 0.457. The molecule has 3 N–H and O–H groups in total. The van der Waals surface area contributed by atoms with Crippen molar-refractivity contribution >= 4 is 16.9 Å². The van der Waals surface area contributed by atoms with Crippen LogP contribution >= 0.6 is 0 Å². The van der Waals surface area contributed by atoms with Gasteiger partial charge >= 0.3 is 6.18 Å². The van der Waals surface area contributed by atoms with Gasteiger partial charge in [-0.05, 0) is 37.0 Å². The molecule has 34 heavy (non-hydrogen) atoms. The molecule has 0 saturated heterocycles. The lowest BCUT2D eigenvalue weighted by atomic mass is 10.1. The van der Waals surface area contributed by atoms with Crippen molar-refractivity contribution in [1.82, 2.24) is 29.5 Å². The maximum Gasteiger partial charge on any atom is 0.419 e. The summed E-state index contributed by atoms with van der Waals surface area (Å²) >= 11 is 0. The monoisotopic (exact) mass is 464 g/mol. The third kappa shape index (κ3) is 4.30. The Morgan fingerprint density at radius 3 is 2.59 bits per heavy atom. The standard InChI is InChI=1S/C23H19F3N8/c24-23(25,26)17-11-30-33(13-17)20-9-19(28)31-22-18(7-8-29-20)21(32-34(22)12-15-1-2-15)16-5-3-14(10-27)4-6-16/h3-9,11,13,15,31H,1-2,12,28H2. The Bertz CT molecular complexity index is 1450. The number of anilines is 1. The van der Waals surface area contributed by atoms with Crippen molar-refractivity contribution in [3.63, 3.8) is 0 Å². The van der Waals surface area contributed by atoms with E-state index in [4.69, 9.17) is 16.1 Å². The van der Waals surface area contributed by atoms with Crippen LogP contribution in [0.1, 0.15) is 24.0 Å². The topological polar surface area (TPSA) is 114 Å². The summed E-state index contributed by atoms with van der Waals surface area (Å²) in [5, 5.41) is 18.4. The number of hydrogen-bond acceptors (Lipinski definition) is 5. The van der Waals surface area contributed by atoms with E-state index < -0.39 is 11.7 Å². The Kier molecular flexibility index (Phi) is 5.20. The summed E-state index contributed by atoms with van der Waals surface area (Å²) in [4.78, 5) is 7.44. The summed E-state index contributed by atoms with van der Waals surface area (Å²) in [5.74, 6) is 0.817. The number of aromatic amines is 1. The van der Waals surface area contributed by atoms with Gasteiger partial charge in [0.15, 0.2) is 5.82 Å². The minimum atomic E-state index is -4.51. The predicted molar refractivity (Wildman–Crippen MR) is 119 cm³/mol. The Hall–Kier alpha value is -4.33. The summed E-state index contributed by atoms with van der Waals surface area (Å²) in [6.07, 6.45) is 0.807. The molecule has 0 amide bonds. The molecule has 1 aliphatic rings. The van der Waals surface area contributed by atoms with E-state index in [2.05, 4.69) is 21.1 Å². The smallest absolute Gasteiger partial charge is 0.385 e. The number of alkyl halides is 3. The number of nitrogens with two attached hydrogens (primary N) is 1. The van der Waals surface area contributed by atoms with Gasteiger partial charge in [-0.2, -0.15) is 28.6 Å².